The lowest BCUT2D eigenvalue weighted by atomic mass is 9.94. The average Bonchev–Trinajstić information content (AvgIpc) is 3.01. The van der Waals surface area contributed by atoms with E-state index in [9.17, 15) is 0 Å². The Hall–Kier alpha value is -1.60. The zero-order valence-corrected chi connectivity index (χ0v) is 11.2. The number of anilines is 1. The Morgan fingerprint density at radius 2 is 2.21 bits per heavy atom. The van der Waals surface area contributed by atoms with Gasteiger partial charge in [-0.15, -0.1) is 0 Å². The minimum atomic E-state index is 0.566. The highest BCUT2D eigenvalue weighted by atomic mass is 15.2. The van der Waals surface area contributed by atoms with Gasteiger partial charge in [-0.05, 0) is 50.8 Å². The molecule has 0 amide bonds. The summed E-state index contributed by atoms with van der Waals surface area (Å²) >= 11 is 0. The first-order chi connectivity index (χ1) is 9.38. The molecular weight excluding hydrogens is 236 g/mol. The van der Waals surface area contributed by atoms with Gasteiger partial charge in [0.2, 0.25) is 0 Å². The van der Waals surface area contributed by atoms with Gasteiger partial charge in [-0.25, -0.2) is 4.98 Å². The number of piperidine rings is 1. The van der Waals surface area contributed by atoms with Gasteiger partial charge in [-0.3, -0.25) is 0 Å². The van der Waals surface area contributed by atoms with Crippen molar-refractivity contribution < 1.29 is 0 Å². The van der Waals surface area contributed by atoms with Gasteiger partial charge in [0.15, 0.2) is 0 Å². The largest absolute Gasteiger partial charge is 0.352 e. The fourth-order valence-corrected chi connectivity index (χ4v) is 3.32. The summed E-state index contributed by atoms with van der Waals surface area (Å²) in [5, 5.41) is 12.5. The first-order valence-corrected chi connectivity index (χ1v) is 7.24. The molecule has 0 bridgehead atoms. The molecule has 0 aromatic carbocycles. The average molecular weight is 256 g/mol. The van der Waals surface area contributed by atoms with Gasteiger partial charge in [0, 0.05) is 24.8 Å². The summed E-state index contributed by atoms with van der Waals surface area (Å²) in [6, 6.07) is 7.17. The van der Waals surface area contributed by atoms with Gasteiger partial charge in [0.25, 0.3) is 0 Å². The Morgan fingerprint density at radius 1 is 1.26 bits per heavy atom. The van der Waals surface area contributed by atoms with Gasteiger partial charge in [-0.2, -0.15) is 5.26 Å². The zero-order valence-electron chi connectivity index (χ0n) is 11.2. The lowest BCUT2D eigenvalue weighted by Crippen LogP contribution is -2.50. The molecule has 0 aliphatic carbocycles. The monoisotopic (exact) mass is 256 g/mol. The second kappa shape index (κ2) is 5.58. The van der Waals surface area contributed by atoms with Crippen molar-refractivity contribution in [2.75, 3.05) is 18.0 Å². The number of rotatable bonds is 2. The molecule has 2 unspecified atom stereocenters. The number of hydrogen-bond donors (Lipinski definition) is 1. The van der Waals surface area contributed by atoms with E-state index in [0.29, 0.717) is 17.6 Å². The van der Waals surface area contributed by atoms with E-state index in [1.54, 1.807) is 6.20 Å². The van der Waals surface area contributed by atoms with Crippen LogP contribution >= 0.6 is 0 Å². The van der Waals surface area contributed by atoms with E-state index < -0.39 is 0 Å². The first kappa shape index (κ1) is 12.4. The van der Waals surface area contributed by atoms with Crippen molar-refractivity contribution in [2.24, 2.45) is 0 Å². The van der Waals surface area contributed by atoms with Gasteiger partial charge in [-0.1, -0.05) is 0 Å². The van der Waals surface area contributed by atoms with Crippen LogP contribution in [0.1, 0.15) is 37.7 Å². The van der Waals surface area contributed by atoms with Crippen molar-refractivity contribution in [1.29, 1.82) is 5.26 Å². The van der Waals surface area contributed by atoms with Crippen LogP contribution in [0, 0.1) is 11.3 Å². The van der Waals surface area contributed by atoms with Crippen LogP contribution in [0.2, 0.25) is 0 Å². The predicted octanol–water partition coefficient (Wildman–Crippen LogP) is 2.06. The quantitative estimate of drug-likeness (QED) is 0.880. The van der Waals surface area contributed by atoms with Crippen molar-refractivity contribution >= 4 is 5.82 Å². The Morgan fingerprint density at radius 3 is 2.89 bits per heavy atom. The maximum Gasteiger partial charge on any atom is 0.128 e. The van der Waals surface area contributed by atoms with Crippen molar-refractivity contribution in [3.05, 3.63) is 23.9 Å². The summed E-state index contributed by atoms with van der Waals surface area (Å²) in [5.41, 5.74) is 0.635. The minimum absolute atomic E-state index is 0.566. The third-order valence-corrected chi connectivity index (χ3v) is 4.28. The highest BCUT2D eigenvalue weighted by molar-refractivity contribution is 5.43. The molecule has 100 valence electrons. The number of pyridine rings is 1. The fraction of sp³-hybridized carbons (Fsp3) is 0.600. The van der Waals surface area contributed by atoms with Crippen molar-refractivity contribution in [3.63, 3.8) is 0 Å². The van der Waals surface area contributed by atoms with Crippen LogP contribution in [-0.2, 0) is 0 Å². The maximum absolute atomic E-state index is 8.85. The second-order valence-electron chi connectivity index (χ2n) is 5.48. The Labute approximate surface area is 114 Å². The summed E-state index contributed by atoms with van der Waals surface area (Å²) in [6.45, 7) is 2.23. The predicted molar refractivity (Wildman–Crippen MR) is 75.0 cm³/mol. The van der Waals surface area contributed by atoms with Crippen LogP contribution in [-0.4, -0.2) is 30.2 Å². The molecule has 0 saturated carbocycles. The molecule has 2 atom stereocenters. The van der Waals surface area contributed by atoms with E-state index in [0.717, 1.165) is 18.9 Å². The molecule has 1 aromatic heterocycles. The van der Waals surface area contributed by atoms with Crippen LogP contribution in [0.4, 0.5) is 5.82 Å². The molecule has 4 heteroatoms. The number of nitriles is 1. The summed E-state index contributed by atoms with van der Waals surface area (Å²) in [5.74, 6) is 1.03. The lowest BCUT2D eigenvalue weighted by Gasteiger charge is -2.40. The van der Waals surface area contributed by atoms with Gasteiger partial charge in [0.05, 0.1) is 5.56 Å². The molecule has 19 heavy (non-hydrogen) atoms. The zero-order chi connectivity index (χ0) is 13.1. The molecule has 2 aliphatic heterocycles. The van der Waals surface area contributed by atoms with E-state index in [-0.39, 0.29) is 0 Å². The molecule has 1 aromatic rings. The van der Waals surface area contributed by atoms with Crippen LogP contribution in [0.3, 0.4) is 0 Å². The summed E-state index contributed by atoms with van der Waals surface area (Å²) in [4.78, 5) is 6.91. The van der Waals surface area contributed by atoms with Crippen molar-refractivity contribution in [3.8, 4) is 6.07 Å². The smallest absolute Gasteiger partial charge is 0.128 e. The van der Waals surface area contributed by atoms with Crippen molar-refractivity contribution in [1.82, 2.24) is 10.3 Å². The molecule has 3 heterocycles. The molecule has 3 rings (SSSR count). The summed E-state index contributed by atoms with van der Waals surface area (Å²) < 4.78 is 0. The van der Waals surface area contributed by atoms with Crippen LogP contribution in [0.15, 0.2) is 18.3 Å². The van der Waals surface area contributed by atoms with Gasteiger partial charge in [0.1, 0.15) is 11.9 Å². The summed E-state index contributed by atoms with van der Waals surface area (Å²) in [6.07, 6.45) is 8.05. The van der Waals surface area contributed by atoms with Gasteiger partial charge < -0.3 is 10.2 Å². The van der Waals surface area contributed by atoms with Crippen LogP contribution in [0.25, 0.3) is 0 Å². The van der Waals surface area contributed by atoms with Crippen LogP contribution < -0.4 is 10.2 Å². The molecule has 2 saturated heterocycles. The first-order valence-electron chi connectivity index (χ1n) is 7.24. The molecule has 1 N–H and O–H groups in total. The topological polar surface area (TPSA) is 52.0 Å². The molecular formula is C15H20N4. The van der Waals surface area contributed by atoms with E-state index >= 15 is 0 Å². The SMILES string of the molecule is N#Cc1ccc(N2CCCCC2C2CCCN2)nc1. The second-order valence-corrected chi connectivity index (χ2v) is 5.48. The van der Waals surface area contributed by atoms with Crippen LogP contribution in [0.5, 0.6) is 0 Å². The van der Waals surface area contributed by atoms with Crippen molar-refractivity contribution in [2.45, 2.75) is 44.2 Å². The van der Waals surface area contributed by atoms with E-state index in [1.165, 1.54) is 32.1 Å². The molecule has 0 spiro atoms. The van der Waals surface area contributed by atoms with E-state index in [2.05, 4.69) is 21.3 Å². The summed E-state index contributed by atoms with van der Waals surface area (Å²) in [7, 11) is 0. The van der Waals surface area contributed by atoms with E-state index in [1.807, 2.05) is 12.1 Å². The Kier molecular flexibility index (Phi) is 3.65. The standard InChI is InChI=1S/C15H20N4/c16-10-12-6-7-15(18-11-12)19-9-2-1-5-14(19)13-4-3-8-17-13/h6-7,11,13-14,17H,1-5,8-9H2. The molecule has 2 aliphatic rings. The third kappa shape index (κ3) is 2.57. The lowest BCUT2D eigenvalue weighted by molar-refractivity contribution is 0.376. The number of nitrogens with zero attached hydrogens (tertiary/aromatic N) is 3. The normalized spacial score (nSPS) is 27.2. The Bertz CT molecular complexity index is 456. The van der Waals surface area contributed by atoms with Gasteiger partial charge >= 0.3 is 0 Å². The third-order valence-electron chi connectivity index (χ3n) is 4.28. The van der Waals surface area contributed by atoms with E-state index in [4.69, 9.17) is 5.26 Å². The maximum atomic E-state index is 8.85. The molecule has 4 nitrogen and oxygen atoms in total. The molecule has 2 fully saturated rings. The highest BCUT2D eigenvalue weighted by Gasteiger charge is 2.32. The number of nitrogens with one attached hydrogen (secondary N) is 1. The minimum Gasteiger partial charge on any atom is -0.352 e. The fourth-order valence-electron chi connectivity index (χ4n) is 3.32. The molecule has 0 radical (unpaired) electrons. The highest BCUT2D eigenvalue weighted by Crippen LogP contribution is 2.28. The number of hydrogen-bond acceptors (Lipinski definition) is 4. The number of aromatic nitrogens is 1. The Balaban J connectivity index is 1.80.